The lowest BCUT2D eigenvalue weighted by molar-refractivity contribution is -0.137. The van der Waals surface area contributed by atoms with Crippen LogP contribution in [0, 0.1) is 0 Å². The quantitative estimate of drug-likeness (QED) is 0.687. The minimum atomic E-state index is -4.61. The summed E-state index contributed by atoms with van der Waals surface area (Å²) in [6.07, 6.45) is -1.34. The van der Waals surface area contributed by atoms with E-state index >= 15 is 0 Å². The first-order chi connectivity index (χ1) is 12.3. The summed E-state index contributed by atoms with van der Waals surface area (Å²) in [5.41, 5.74) is -1.01. The average Bonchev–Trinajstić information content (AvgIpc) is 3.28. The summed E-state index contributed by atoms with van der Waals surface area (Å²) < 4.78 is 67.3. The molecule has 0 spiro atoms. The monoisotopic (exact) mass is 401 g/mol. The molecule has 1 aromatic carbocycles. The van der Waals surface area contributed by atoms with Gasteiger partial charge in [0.05, 0.1) is 16.5 Å². The normalized spacial score (nSPS) is 13.7. The van der Waals surface area contributed by atoms with Gasteiger partial charge in [-0.3, -0.25) is 4.68 Å². The Bertz CT molecular complexity index is 919. The summed E-state index contributed by atoms with van der Waals surface area (Å²) in [7, 11) is -4.11. The Balaban J connectivity index is 1.83. The Morgan fingerprint density at radius 3 is 2.62 bits per heavy atom. The number of aromatic nitrogens is 2. The predicted molar refractivity (Wildman–Crippen MR) is 91.3 cm³/mol. The highest BCUT2D eigenvalue weighted by molar-refractivity contribution is 7.89. The van der Waals surface area contributed by atoms with Crippen LogP contribution in [0.3, 0.4) is 0 Å². The summed E-state index contributed by atoms with van der Waals surface area (Å²) in [6, 6.07) is 8.64. The third-order valence-electron chi connectivity index (χ3n) is 3.65. The molecule has 26 heavy (non-hydrogen) atoms. The van der Waals surface area contributed by atoms with Gasteiger partial charge in [-0.2, -0.15) is 18.3 Å². The van der Waals surface area contributed by atoms with Gasteiger partial charge in [-0.25, -0.2) is 13.1 Å². The van der Waals surface area contributed by atoms with Gasteiger partial charge in [-0.15, -0.1) is 11.3 Å². The van der Waals surface area contributed by atoms with Crippen molar-refractivity contribution in [2.75, 3.05) is 6.54 Å². The lowest BCUT2D eigenvalue weighted by Gasteiger charge is -2.17. The highest BCUT2D eigenvalue weighted by atomic mass is 32.2. The van der Waals surface area contributed by atoms with E-state index in [1.807, 2.05) is 17.5 Å². The molecule has 0 aliphatic heterocycles. The molecule has 138 valence electrons. The Kier molecular flexibility index (Phi) is 5.17. The summed E-state index contributed by atoms with van der Waals surface area (Å²) in [6.45, 7) is -0.0409. The Labute approximate surface area is 152 Å². The molecule has 0 aliphatic rings. The number of alkyl halides is 3. The predicted octanol–water partition coefficient (Wildman–Crippen LogP) is 3.53. The summed E-state index contributed by atoms with van der Waals surface area (Å²) in [5.74, 6) is 0. The SMILES string of the molecule is O=S(=O)(NCC(c1cccs1)n1cccn1)c1cccc(C(F)(F)F)c1. The van der Waals surface area contributed by atoms with Gasteiger partial charge in [0, 0.05) is 23.8 Å². The van der Waals surface area contributed by atoms with Crippen molar-refractivity contribution in [3.63, 3.8) is 0 Å². The van der Waals surface area contributed by atoms with E-state index < -0.39 is 32.7 Å². The van der Waals surface area contributed by atoms with Crippen LogP contribution in [0.1, 0.15) is 16.5 Å². The minimum absolute atomic E-state index is 0.0409. The van der Waals surface area contributed by atoms with E-state index in [-0.39, 0.29) is 6.54 Å². The van der Waals surface area contributed by atoms with Crippen LogP contribution in [0.4, 0.5) is 13.2 Å². The van der Waals surface area contributed by atoms with Crippen LogP contribution in [-0.2, 0) is 16.2 Å². The molecule has 0 aliphatic carbocycles. The number of benzene rings is 1. The van der Waals surface area contributed by atoms with Gasteiger partial charge < -0.3 is 0 Å². The second-order valence-electron chi connectivity index (χ2n) is 5.39. The average molecular weight is 401 g/mol. The first-order valence-electron chi connectivity index (χ1n) is 7.47. The number of sulfonamides is 1. The third kappa shape index (κ3) is 4.14. The third-order valence-corrected chi connectivity index (χ3v) is 6.05. The summed E-state index contributed by atoms with van der Waals surface area (Å²) >= 11 is 1.44. The zero-order chi connectivity index (χ0) is 18.8. The van der Waals surface area contributed by atoms with Crippen molar-refractivity contribution in [2.45, 2.75) is 17.1 Å². The number of halogens is 3. The number of hydrogen-bond donors (Lipinski definition) is 1. The maximum Gasteiger partial charge on any atom is 0.416 e. The van der Waals surface area contributed by atoms with E-state index in [0.29, 0.717) is 6.07 Å². The van der Waals surface area contributed by atoms with Crippen LogP contribution < -0.4 is 4.72 Å². The number of thiophene rings is 1. The van der Waals surface area contributed by atoms with Crippen LogP contribution in [0.15, 0.2) is 65.1 Å². The van der Waals surface area contributed by atoms with Gasteiger partial charge in [0.2, 0.25) is 10.0 Å². The van der Waals surface area contributed by atoms with Crippen molar-refractivity contribution >= 4 is 21.4 Å². The van der Waals surface area contributed by atoms with Crippen LogP contribution in [0.25, 0.3) is 0 Å². The highest BCUT2D eigenvalue weighted by Gasteiger charge is 2.31. The van der Waals surface area contributed by atoms with Crippen LogP contribution >= 0.6 is 11.3 Å². The largest absolute Gasteiger partial charge is 0.416 e. The maximum absolute atomic E-state index is 12.8. The summed E-state index contributed by atoms with van der Waals surface area (Å²) in [5, 5.41) is 5.99. The maximum atomic E-state index is 12.8. The standard InChI is InChI=1S/C16H14F3N3O2S2/c17-16(18,19)12-4-1-5-13(10-12)26(23,24)21-11-14(15-6-2-9-25-15)22-8-3-7-20-22/h1-10,14,21H,11H2. The first-order valence-corrected chi connectivity index (χ1v) is 9.83. The molecule has 0 fully saturated rings. The molecule has 3 rings (SSSR count). The second kappa shape index (κ2) is 7.22. The van der Waals surface area contributed by atoms with E-state index in [1.165, 1.54) is 11.3 Å². The number of hydrogen-bond acceptors (Lipinski definition) is 4. The Morgan fingerprint density at radius 1 is 1.19 bits per heavy atom. The van der Waals surface area contributed by atoms with Crippen molar-refractivity contribution < 1.29 is 21.6 Å². The topological polar surface area (TPSA) is 64.0 Å². The fraction of sp³-hybridized carbons (Fsp3) is 0.188. The lowest BCUT2D eigenvalue weighted by Crippen LogP contribution is -2.31. The molecule has 0 saturated heterocycles. The zero-order valence-corrected chi connectivity index (χ0v) is 14.9. The van der Waals surface area contributed by atoms with Gasteiger partial charge in [-0.05, 0) is 35.7 Å². The molecule has 1 N–H and O–H groups in total. The van der Waals surface area contributed by atoms with E-state index in [0.717, 1.165) is 23.1 Å². The zero-order valence-electron chi connectivity index (χ0n) is 13.2. The van der Waals surface area contributed by atoms with Crippen LogP contribution in [0.2, 0.25) is 0 Å². The lowest BCUT2D eigenvalue weighted by atomic mass is 10.2. The molecule has 2 heterocycles. The molecular weight excluding hydrogens is 387 g/mol. The molecule has 1 atom stereocenters. The number of nitrogens with zero attached hydrogens (tertiary/aromatic N) is 2. The fourth-order valence-corrected chi connectivity index (χ4v) is 4.29. The van der Waals surface area contributed by atoms with Gasteiger partial charge in [0.1, 0.15) is 0 Å². The van der Waals surface area contributed by atoms with Crippen LogP contribution in [0.5, 0.6) is 0 Å². The van der Waals surface area contributed by atoms with Gasteiger partial charge in [0.15, 0.2) is 0 Å². The Hall–Kier alpha value is -2.17. The number of rotatable bonds is 6. The van der Waals surface area contributed by atoms with Gasteiger partial charge >= 0.3 is 6.18 Å². The fourth-order valence-electron chi connectivity index (χ4n) is 2.38. The van der Waals surface area contributed by atoms with Crippen molar-refractivity contribution in [3.05, 3.63) is 70.7 Å². The van der Waals surface area contributed by atoms with Gasteiger partial charge in [0.25, 0.3) is 0 Å². The van der Waals surface area contributed by atoms with Crippen molar-refractivity contribution in [1.29, 1.82) is 0 Å². The van der Waals surface area contributed by atoms with Gasteiger partial charge in [-0.1, -0.05) is 12.1 Å². The molecule has 2 aromatic heterocycles. The second-order valence-corrected chi connectivity index (χ2v) is 8.14. The molecule has 3 aromatic rings. The first kappa shape index (κ1) is 18.6. The molecule has 10 heteroatoms. The van der Waals surface area contributed by atoms with Crippen molar-refractivity contribution in [3.8, 4) is 0 Å². The Morgan fingerprint density at radius 2 is 2.00 bits per heavy atom. The van der Waals surface area contributed by atoms with Crippen molar-refractivity contribution in [2.24, 2.45) is 0 Å². The molecular formula is C16H14F3N3O2S2. The van der Waals surface area contributed by atoms with E-state index in [9.17, 15) is 21.6 Å². The molecule has 0 amide bonds. The smallest absolute Gasteiger partial charge is 0.263 e. The number of nitrogens with one attached hydrogen (secondary N) is 1. The minimum Gasteiger partial charge on any atom is -0.263 e. The van der Waals surface area contributed by atoms with Crippen LogP contribution in [-0.4, -0.2) is 24.7 Å². The molecule has 0 radical (unpaired) electrons. The van der Waals surface area contributed by atoms with E-state index in [1.54, 1.807) is 23.1 Å². The van der Waals surface area contributed by atoms with Crippen molar-refractivity contribution in [1.82, 2.24) is 14.5 Å². The van der Waals surface area contributed by atoms with E-state index in [2.05, 4.69) is 9.82 Å². The molecule has 5 nitrogen and oxygen atoms in total. The molecule has 1 unspecified atom stereocenters. The summed E-state index contributed by atoms with van der Waals surface area (Å²) in [4.78, 5) is 0.443. The molecule has 0 saturated carbocycles. The van der Waals surface area contributed by atoms with E-state index in [4.69, 9.17) is 0 Å². The molecule has 0 bridgehead atoms. The highest BCUT2D eigenvalue weighted by Crippen LogP contribution is 2.30.